The third-order valence-electron chi connectivity index (χ3n) is 2.54. The number of anilines is 1. The summed E-state index contributed by atoms with van der Waals surface area (Å²) in [5.41, 5.74) is -3.53. The Morgan fingerprint density at radius 3 is 1.95 bits per heavy atom. The molecule has 0 unspecified atom stereocenters. The molecule has 0 aliphatic heterocycles. The molecule has 2 nitrogen and oxygen atoms in total. The smallest absolute Gasteiger partial charge is 0.347 e. The van der Waals surface area contributed by atoms with Crippen LogP contribution in [-0.2, 0) is 4.79 Å². The van der Waals surface area contributed by atoms with E-state index in [2.05, 4.69) is 0 Å². The van der Waals surface area contributed by atoms with Crippen LogP contribution in [0.4, 0.5) is 27.6 Å². The van der Waals surface area contributed by atoms with E-state index in [9.17, 15) is 26.7 Å². The molecule has 0 heterocycles. The molecule has 0 saturated heterocycles. The van der Waals surface area contributed by atoms with Crippen LogP contribution < -0.4 is 5.32 Å². The second-order valence-corrected chi connectivity index (χ2v) is 5.39. The zero-order valence-corrected chi connectivity index (χ0v) is 11.6. The molecule has 1 aromatic carbocycles. The van der Waals surface area contributed by atoms with Crippen LogP contribution in [0, 0.1) is 17.0 Å². The summed E-state index contributed by atoms with van der Waals surface area (Å²) in [5, 5.41) is 1.62. The number of ketones is 1. The van der Waals surface area contributed by atoms with Gasteiger partial charge in [-0.05, 0) is 12.1 Å². The lowest BCUT2D eigenvalue weighted by Gasteiger charge is -2.18. The van der Waals surface area contributed by atoms with E-state index in [-0.39, 0.29) is 0 Å². The molecule has 116 valence electrons. The van der Waals surface area contributed by atoms with Gasteiger partial charge in [0.05, 0.1) is 0 Å². The second kappa shape index (κ2) is 5.83. The molecule has 21 heavy (non-hydrogen) atoms. The minimum atomic E-state index is -4.95. The maximum Gasteiger partial charge on any atom is 0.431 e. The average Bonchev–Trinajstić information content (AvgIpc) is 2.29. The van der Waals surface area contributed by atoms with Crippen molar-refractivity contribution < 1.29 is 26.7 Å². The average molecular weight is 307 g/mol. The predicted octanol–water partition coefficient (Wildman–Crippen LogP) is 4.44. The van der Waals surface area contributed by atoms with Gasteiger partial charge in [-0.2, -0.15) is 13.2 Å². The van der Waals surface area contributed by atoms with Gasteiger partial charge in [-0.15, -0.1) is 0 Å². The van der Waals surface area contributed by atoms with Gasteiger partial charge in [-0.3, -0.25) is 4.79 Å². The van der Waals surface area contributed by atoms with Crippen LogP contribution in [0.15, 0.2) is 30.0 Å². The van der Waals surface area contributed by atoms with Crippen molar-refractivity contribution in [3.8, 4) is 0 Å². The van der Waals surface area contributed by atoms with Gasteiger partial charge in [0.2, 0.25) is 0 Å². The molecule has 0 aliphatic rings. The van der Waals surface area contributed by atoms with Gasteiger partial charge < -0.3 is 5.32 Å². The zero-order chi connectivity index (χ0) is 16.4. The highest BCUT2D eigenvalue weighted by molar-refractivity contribution is 5.95. The van der Waals surface area contributed by atoms with Crippen LogP contribution in [-0.4, -0.2) is 12.0 Å². The third-order valence-corrected chi connectivity index (χ3v) is 2.54. The Labute approximate surface area is 118 Å². The Bertz CT molecular complexity index is 549. The Hall–Kier alpha value is -1.92. The van der Waals surface area contributed by atoms with E-state index in [0.717, 1.165) is 18.2 Å². The van der Waals surface area contributed by atoms with Gasteiger partial charge in [-0.1, -0.05) is 26.8 Å². The van der Waals surface area contributed by atoms with Gasteiger partial charge in [0.1, 0.15) is 23.0 Å². The summed E-state index contributed by atoms with van der Waals surface area (Å²) in [5.74, 6) is -3.19. The van der Waals surface area contributed by atoms with Crippen molar-refractivity contribution in [3.63, 3.8) is 0 Å². The lowest BCUT2D eigenvalue weighted by atomic mass is 9.90. The molecule has 0 aliphatic carbocycles. The minimum absolute atomic E-state index is 0.311. The van der Waals surface area contributed by atoms with Crippen LogP contribution in [0.5, 0.6) is 0 Å². The number of carbonyl (C=O) groups is 1. The number of benzene rings is 1. The molecule has 7 heteroatoms. The largest absolute Gasteiger partial charge is 0.431 e. The van der Waals surface area contributed by atoms with Crippen molar-refractivity contribution in [1.82, 2.24) is 0 Å². The molecule has 0 amide bonds. The molecular weight excluding hydrogens is 293 g/mol. The fraction of sp³-hybridized carbons (Fsp3) is 0.357. The Morgan fingerprint density at radius 2 is 1.57 bits per heavy atom. The number of rotatable bonds is 3. The molecule has 0 spiro atoms. The zero-order valence-electron chi connectivity index (χ0n) is 11.6. The van der Waals surface area contributed by atoms with E-state index in [1.165, 1.54) is 20.8 Å². The van der Waals surface area contributed by atoms with E-state index in [4.69, 9.17) is 0 Å². The van der Waals surface area contributed by atoms with Crippen molar-refractivity contribution in [3.05, 3.63) is 41.6 Å². The van der Waals surface area contributed by atoms with Gasteiger partial charge in [0.25, 0.3) is 0 Å². The summed E-state index contributed by atoms with van der Waals surface area (Å²) in [4.78, 5) is 11.7. The first kappa shape index (κ1) is 17.1. The van der Waals surface area contributed by atoms with Crippen molar-refractivity contribution in [2.45, 2.75) is 26.9 Å². The number of alkyl halides is 3. The van der Waals surface area contributed by atoms with E-state index < -0.39 is 40.4 Å². The maximum atomic E-state index is 13.4. The Kier molecular flexibility index (Phi) is 4.76. The SMILES string of the molecule is CC(C)(C)C(=O)/C=C(/Nc1c(F)cccc1F)C(F)(F)F. The number of hydrogen-bond acceptors (Lipinski definition) is 2. The predicted molar refractivity (Wildman–Crippen MR) is 68.6 cm³/mol. The van der Waals surface area contributed by atoms with Crippen molar-refractivity contribution in [2.24, 2.45) is 5.41 Å². The summed E-state index contributed by atoms with van der Waals surface area (Å²) in [6.07, 6.45) is -4.64. The minimum Gasteiger partial charge on any atom is -0.347 e. The quantitative estimate of drug-likeness (QED) is 0.661. The summed E-state index contributed by atoms with van der Waals surface area (Å²) in [6, 6.07) is 2.64. The van der Waals surface area contributed by atoms with Crippen LogP contribution in [0.3, 0.4) is 0 Å². The molecule has 0 atom stereocenters. The van der Waals surface area contributed by atoms with E-state index in [1.54, 1.807) is 5.32 Å². The molecule has 0 radical (unpaired) electrons. The van der Waals surface area contributed by atoms with Crippen molar-refractivity contribution >= 4 is 11.5 Å². The number of nitrogens with one attached hydrogen (secondary N) is 1. The number of para-hydroxylation sites is 1. The first-order chi connectivity index (χ1) is 9.43. The fourth-order valence-corrected chi connectivity index (χ4v) is 1.29. The summed E-state index contributed by atoms with van der Waals surface area (Å²) in [7, 11) is 0. The van der Waals surface area contributed by atoms with Gasteiger partial charge >= 0.3 is 6.18 Å². The second-order valence-electron chi connectivity index (χ2n) is 5.39. The van der Waals surface area contributed by atoms with Crippen LogP contribution in [0.1, 0.15) is 20.8 Å². The van der Waals surface area contributed by atoms with Crippen LogP contribution in [0.25, 0.3) is 0 Å². The highest BCUT2D eigenvalue weighted by Gasteiger charge is 2.36. The molecule has 1 rings (SSSR count). The lowest BCUT2D eigenvalue weighted by molar-refractivity contribution is -0.122. The third kappa shape index (κ3) is 4.54. The van der Waals surface area contributed by atoms with Crippen LogP contribution in [0.2, 0.25) is 0 Å². The monoisotopic (exact) mass is 307 g/mol. The summed E-state index contributed by atoms with van der Waals surface area (Å²) < 4.78 is 65.4. The molecule has 0 fully saturated rings. The summed E-state index contributed by atoms with van der Waals surface area (Å²) in [6.45, 7) is 4.30. The maximum absolute atomic E-state index is 13.4. The highest BCUT2D eigenvalue weighted by Crippen LogP contribution is 2.30. The Balaban J connectivity index is 3.24. The van der Waals surface area contributed by atoms with Crippen molar-refractivity contribution in [2.75, 3.05) is 5.32 Å². The molecule has 1 N–H and O–H groups in total. The van der Waals surface area contributed by atoms with E-state index >= 15 is 0 Å². The standard InChI is InChI=1S/C14H14F5NO/c1-13(2,3)11(21)7-10(14(17,18)19)20-12-8(15)5-4-6-9(12)16/h4-7,20H,1-3H3/b10-7+. The normalized spacial score (nSPS) is 13.2. The number of hydrogen-bond donors (Lipinski definition) is 1. The lowest BCUT2D eigenvalue weighted by Crippen LogP contribution is -2.25. The fourth-order valence-electron chi connectivity index (χ4n) is 1.29. The number of halogens is 5. The number of allylic oxidation sites excluding steroid dienone is 2. The summed E-state index contributed by atoms with van der Waals surface area (Å²) >= 11 is 0. The first-order valence-corrected chi connectivity index (χ1v) is 5.97. The highest BCUT2D eigenvalue weighted by atomic mass is 19.4. The van der Waals surface area contributed by atoms with Gasteiger partial charge in [0, 0.05) is 11.5 Å². The molecule has 1 aromatic rings. The topological polar surface area (TPSA) is 29.1 Å². The molecule has 0 saturated carbocycles. The van der Waals surface area contributed by atoms with Crippen molar-refractivity contribution in [1.29, 1.82) is 0 Å². The first-order valence-electron chi connectivity index (χ1n) is 5.97. The molecule has 0 aromatic heterocycles. The van der Waals surface area contributed by atoms with Gasteiger partial charge in [0.15, 0.2) is 5.78 Å². The Morgan fingerprint density at radius 1 is 1.10 bits per heavy atom. The van der Waals surface area contributed by atoms with Gasteiger partial charge in [-0.25, -0.2) is 8.78 Å². The molecule has 0 bridgehead atoms. The van der Waals surface area contributed by atoms with E-state index in [1.807, 2.05) is 0 Å². The van der Waals surface area contributed by atoms with E-state index in [0.29, 0.717) is 6.08 Å². The van der Waals surface area contributed by atoms with Crippen LogP contribution >= 0.6 is 0 Å². The number of carbonyl (C=O) groups excluding carboxylic acids is 1. The molecular formula is C14H14F5NO.